The lowest BCUT2D eigenvalue weighted by molar-refractivity contribution is 0.497. The summed E-state index contributed by atoms with van der Waals surface area (Å²) in [7, 11) is 1.72. The van der Waals surface area contributed by atoms with Gasteiger partial charge in [-0.25, -0.2) is 4.98 Å². The van der Waals surface area contributed by atoms with Gasteiger partial charge in [0.15, 0.2) is 11.7 Å². The fourth-order valence-electron chi connectivity index (χ4n) is 2.44. The lowest BCUT2D eigenvalue weighted by Crippen LogP contribution is -2.36. The molecule has 0 unspecified atom stereocenters. The first kappa shape index (κ1) is 21.2. The molecule has 7 heteroatoms. The van der Waals surface area contributed by atoms with Crippen LogP contribution >= 0.6 is 35.6 Å². The van der Waals surface area contributed by atoms with Gasteiger partial charge in [-0.1, -0.05) is 59.6 Å². The molecule has 2 N–H and O–H groups in total. The summed E-state index contributed by atoms with van der Waals surface area (Å²) in [5.74, 6) is 2.00. The van der Waals surface area contributed by atoms with E-state index in [1.807, 2.05) is 36.4 Å². The summed E-state index contributed by atoms with van der Waals surface area (Å²) in [5, 5.41) is 7.14. The maximum Gasteiger partial charge on any atom is 0.214 e. The molecule has 5 nitrogen and oxygen atoms in total. The van der Waals surface area contributed by atoms with Crippen molar-refractivity contribution < 1.29 is 4.42 Å². The molecule has 27 heavy (non-hydrogen) atoms. The summed E-state index contributed by atoms with van der Waals surface area (Å²) in [6, 6.07) is 15.9. The highest BCUT2D eigenvalue weighted by Gasteiger charge is 2.07. The zero-order valence-electron chi connectivity index (χ0n) is 15.2. The Kier molecular flexibility index (Phi) is 8.12. The minimum Gasteiger partial charge on any atom is -0.439 e. The number of aryl methyl sites for hydroxylation is 1. The molecule has 142 valence electrons. The lowest BCUT2D eigenvalue weighted by Gasteiger charge is -2.11. The van der Waals surface area contributed by atoms with Crippen molar-refractivity contribution in [2.24, 2.45) is 4.99 Å². The fraction of sp³-hybridized carbons (Fsp3) is 0.200. The average Bonchev–Trinajstić information content (AvgIpc) is 3.13. The van der Waals surface area contributed by atoms with Crippen molar-refractivity contribution in [3.05, 3.63) is 76.8 Å². The van der Waals surface area contributed by atoms with E-state index in [2.05, 4.69) is 39.7 Å². The molecule has 0 saturated heterocycles. The van der Waals surface area contributed by atoms with Crippen molar-refractivity contribution in [3.63, 3.8) is 0 Å². The molecule has 0 bridgehead atoms. The van der Waals surface area contributed by atoms with E-state index in [4.69, 9.17) is 16.0 Å². The number of nitrogens with one attached hydrogen (secondary N) is 2. The number of aromatic nitrogens is 1. The summed E-state index contributed by atoms with van der Waals surface area (Å²) in [6.45, 7) is 3.08. The van der Waals surface area contributed by atoms with Crippen molar-refractivity contribution in [1.29, 1.82) is 0 Å². The molecule has 1 aromatic heterocycles. The van der Waals surface area contributed by atoms with Gasteiger partial charge in [0.05, 0.1) is 12.7 Å². The highest BCUT2D eigenvalue weighted by Crippen LogP contribution is 2.20. The van der Waals surface area contributed by atoms with Gasteiger partial charge < -0.3 is 15.1 Å². The summed E-state index contributed by atoms with van der Waals surface area (Å²) in [5.41, 5.74) is 3.23. The van der Waals surface area contributed by atoms with Crippen molar-refractivity contribution in [1.82, 2.24) is 15.6 Å². The first-order chi connectivity index (χ1) is 12.7. The molecular formula is C20H22ClIN4O. The van der Waals surface area contributed by atoms with Crippen LogP contribution in [0.5, 0.6) is 0 Å². The SMILES string of the molecule is CN=C(NCc1ncc(-c2ccc(C)cc2)o1)NCc1ccccc1Cl.I. The Labute approximate surface area is 181 Å². The zero-order valence-corrected chi connectivity index (χ0v) is 18.3. The molecule has 2 aromatic carbocycles. The fourth-order valence-corrected chi connectivity index (χ4v) is 2.65. The maximum absolute atomic E-state index is 6.17. The highest BCUT2D eigenvalue weighted by atomic mass is 127. The topological polar surface area (TPSA) is 62.5 Å². The van der Waals surface area contributed by atoms with Gasteiger partial charge in [0.25, 0.3) is 0 Å². The number of rotatable bonds is 5. The minimum atomic E-state index is 0. The number of aliphatic imine (C=N–C) groups is 1. The van der Waals surface area contributed by atoms with Crippen LogP contribution in [-0.4, -0.2) is 18.0 Å². The van der Waals surface area contributed by atoms with E-state index < -0.39 is 0 Å². The molecular weight excluding hydrogens is 475 g/mol. The van der Waals surface area contributed by atoms with E-state index in [9.17, 15) is 0 Å². The molecule has 0 aliphatic carbocycles. The lowest BCUT2D eigenvalue weighted by atomic mass is 10.1. The quantitative estimate of drug-likeness (QED) is 0.303. The Balaban J connectivity index is 0.00000261. The van der Waals surface area contributed by atoms with Crippen LogP contribution in [0.1, 0.15) is 17.0 Å². The number of hydrogen-bond donors (Lipinski definition) is 2. The second kappa shape index (κ2) is 10.3. The molecule has 0 spiro atoms. The van der Waals surface area contributed by atoms with Gasteiger partial charge in [0.1, 0.15) is 0 Å². The van der Waals surface area contributed by atoms with Gasteiger partial charge in [0, 0.05) is 24.2 Å². The molecule has 1 heterocycles. The molecule has 0 radical (unpaired) electrons. The van der Waals surface area contributed by atoms with Crippen molar-refractivity contribution in [2.45, 2.75) is 20.0 Å². The van der Waals surface area contributed by atoms with Crippen molar-refractivity contribution in [3.8, 4) is 11.3 Å². The number of hydrogen-bond acceptors (Lipinski definition) is 3. The van der Waals surface area contributed by atoms with Gasteiger partial charge in [-0.05, 0) is 18.6 Å². The normalized spacial score (nSPS) is 11.0. The largest absolute Gasteiger partial charge is 0.439 e. The van der Waals surface area contributed by atoms with Crippen LogP contribution in [0.3, 0.4) is 0 Å². The van der Waals surface area contributed by atoms with E-state index >= 15 is 0 Å². The Morgan fingerprint density at radius 3 is 2.48 bits per heavy atom. The predicted molar refractivity (Wildman–Crippen MR) is 121 cm³/mol. The maximum atomic E-state index is 6.17. The number of benzene rings is 2. The van der Waals surface area contributed by atoms with E-state index in [0.717, 1.165) is 21.9 Å². The molecule has 0 fully saturated rings. The van der Waals surface area contributed by atoms with Crippen molar-refractivity contribution in [2.75, 3.05) is 7.05 Å². The third-order valence-corrected chi connectivity index (χ3v) is 4.29. The molecule has 3 aromatic rings. The van der Waals surface area contributed by atoms with Crippen LogP contribution in [0.25, 0.3) is 11.3 Å². The van der Waals surface area contributed by atoms with Gasteiger partial charge >= 0.3 is 0 Å². The van der Waals surface area contributed by atoms with Gasteiger partial charge in [-0.15, -0.1) is 24.0 Å². The standard InChI is InChI=1S/C20H21ClN4O.HI/c1-14-7-9-15(10-8-14)18-12-23-19(26-18)13-25-20(22-2)24-11-16-5-3-4-6-17(16)21;/h3-10,12H,11,13H2,1-2H3,(H2,22,24,25);1H. The average molecular weight is 497 g/mol. The second-order valence-electron chi connectivity index (χ2n) is 5.86. The summed E-state index contributed by atoms with van der Waals surface area (Å²) in [6.07, 6.45) is 1.74. The monoisotopic (exact) mass is 496 g/mol. The predicted octanol–water partition coefficient (Wildman–Crippen LogP) is 4.79. The number of halogens is 2. The Bertz CT molecular complexity index is 893. The summed E-state index contributed by atoms with van der Waals surface area (Å²) in [4.78, 5) is 8.53. The van der Waals surface area contributed by atoms with Crippen molar-refractivity contribution >= 4 is 41.5 Å². The van der Waals surface area contributed by atoms with Crippen LogP contribution < -0.4 is 10.6 Å². The third-order valence-electron chi connectivity index (χ3n) is 3.92. The van der Waals surface area contributed by atoms with E-state index in [1.165, 1.54) is 5.56 Å². The first-order valence-electron chi connectivity index (χ1n) is 8.35. The Morgan fingerprint density at radius 2 is 1.78 bits per heavy atom. The van der Waals surface area contributed by atoms with Crippen LogP contribution in [0.2, 0.25) is 5.02 Å². The third kappa shape index (κ3) is 5.97. The van der Waals surface area contributed by atoms with Gasteiger partial charge in [-0.3, -0.25) is 4.99 Å². The van der Waals surface area contributed by atoms with E-state index in [-0.39, 0.29) is 24.0 Å². The molecule has 0 amide bonds. The second-order valence-corrected chi connectivity index (χ2v) is 6.26. The van der Waals surface area contributed by atoms with Crippen LogP contribution in [-0.2, 0) is 13.1 Å². The molecule has 3 rings (SSSR count). The van der Waals surface area contributed by atoms with Gasteiger partial charge in [0.2, 0.25) is 5.89 Å². The molecule has 0 saturated carbocycles. The first-order valence-corrected chi connectivity index (χ1v) is 8.73. The highest BCUT2D eigenvalue weighted by molar-refractivity contribution is 14.0. The number of oxazole rings is 1. The van der Waals surface area contributed by atoms with E-state index in [0.29, 0.717) is 24.9 Å². The smallest absolute Gasteiger partial charge is 0.214 e. The van der Waals surface area contributed by atoms with Crippen LogP contribution in [0.4, 0.5) is 0 Å². The molecule has 0 atom stereocenters. The summed E-state index contributed by atoms with van der Waals surface area (Å²) < 4.78 is 5.81. The Hall–Kier alpha value is -2.06. The number of nitrogens with zero attached hydrogens (tertiary/aromatic N) is 2. The zero-order chi connectivity index (χ0) is 18.4. The minimum absolute atomic E-state index is 0. The summed E-state index contributed by atoms with van der Waals surface area (Å²) >= 11 is 6.17. The molecule has 0 aliphatic rings. The van der Waals surface area contributed by atoms with E-state index in [1.54, 1.807) is 13.2 Å². The van der Waals surface area contributed by atoms with Crippen LogP contribution in [0, 0.1) is 6.92 Å². The van der Waals surface area contributed by atoms with Crippen LogP contribution in [0.15, 0.2) is 64.1 Å². The Morgan fingerprint density at radius 1 is 1.07 bits per heavy atom. The van der Waals surface area contributed by atoms with Gasteiger partial charge in [-0.2, -0.15) is 0 Å². The molecule has 0 aliphatic heterocycles. The number of guanidine groups is 1.